The molecule has 1 aliphatic rings. The first-order valence-corrected chi connectivity index (χ1v) is 6.88. The van der Waals surface area contributed by atoms with Crippen molar-refractivity contribution >= 4 is 0 Å². The normalized spacial score (nSPS) is 18.1. The third-order valence-electron chi connectivity index (χ3n) is 3.66. The summed E-state index contributed by atoms with van der Waals surface area (Å²) in [5.41, 5.74) is 8.29. The van der Waals surface area contributed by atoms with Gasteiger partial charge in [-0.3, -0.25) is 4.90 Å². The van der Waals surface area contributed by atoms with Crippen molar-refractivity contribution < 1.29 is 4.74 Å². The minimum atomic E-state index is 0.418. The smallest absolute Gasteiger partial charge is 0.0600 e. The zero-order valence-electron chi connectivity index (χ0n) is 11.3. The van der Waals surface area contributed by atoms with Gasteiger partial charge >= 0.3 is 0 Å². The highest BCUT2D eigenvalue weighted by atomic mass is 16.5. The maximum absolute atomic E-state index is 5.70. The summed E-state index contributed by atoms with van der Waals surface area (Å²) in [4.78, 5) is 2.52. The average molecular weight is 248 g/mol. The Kier molecular flexibility index (Phi) is 5.17. The minimum Gasteiger partial charge on any atom is -0.377 e. The molecule has 0 unspecified atom stereocenters. The van der Waals surface area contributed by atoms with Crippen molar-refractivity contribution in [2.24, 2.45) is 5.73 Å². The van der Waals surface area contributed by atoms with Crippen molar-refractivity contribution in [2.75, 3.05) is 26.2 Å². The van der Waals surface area contributed by atoms with Gasteiger partial charge in [0.15, 0.2) is 0 Å². The van der Waals surface area contributed by atoms with Crippen LogP contribution in [0.3, 0.4) is 0 Å². The predicted molar refractivity (Wildman–Crippen MR) is 74.5 cm³/mol. The quantitative estimate of drug-likeness (QED) is 0.865. The van der Waals surface area contributed by atoms with Gasteiger partial charge in [0.2, 0.25) is 0 Å². The molecule has 0 atom stereocenters. The van der Waals surface area contributed by atoms with Gasteiger partial charge in [0.1, 0.15) is 0 Å². The van der Waals surface area contributed by atoms with Gasteiger partial charge in [-0.2, -0.15) is 0 Å². The van der Waals surface area contributed by atoms with E-state index in [2.05, 4.69) is 36.1 Å². The summed E-state index contributed by atoms with van der Waals surface area (Å²) in [6, 6.07) is 8.64. The largest absolute Gasteiger partial charge is 0.377 e. The summed E-state index contributed by atoms with van der Waals surface area (Å²) in [7, 11) is 0. The van der Waals surface area contributed by atoms with Gasteiger partial charge in [-0.25, -0.2) is 0 Å². The lowest BCUT2D eigenvalue weighted by molar-refractivity contribution is 0.00976. The Morgan fingerprint density at radius 3 is 2.67 bits per heavy atom. The fourth-order valence-electron chi connectivity index (χ4n) is 2.50. The lowest BCUT2D eigenvalue weighted by Crippen LogP contribution is -2.37. The summed E-state index contributed by atoms with van der Waals surface area (Å²) >= 11 is 0. The predicted octanol–water partition coefficient (Wildman–Crippen LogP) is 1.93. The van der Waals surface area contributed by atoms with E-state index in [9.17, 15) is 0 Å². The summed E-state index contributed by atoms with van der Waals surface area (Å²) in [5, 5.41) is 0. The van der Waals surface area contributed by atoms with Gasteiger partial charge in [-0.15, -0.1) is 0 Å². The Hall–Kier alpha value is -0.900. The Morgan fingerprint density at radius 2 is 2.00 bits per heavy atom. The second kappa shape index (κ2) is 6.88. The molecule has 1 saturated heterocycles. The zero-order valence-corrected chi connectivity index (χ0v) is 11.3. The van der Waals surface area contributed by atoms with Crippen LogP contribution in [0.1, 0.15) is 24.0 Å². The van der Waals surface area contributed by atoms with E-state index in [1.165, 1.54) is 11.1 Å². The molecule has 1 aromatic rings. The van der Waals surface area contributed by atoms with Crippen LogP contribution in [0.5, 0.6) is 0 Å². The molecule has 0 aromatic heterocycles. The number of likely N-dealkylation sites (tertiary alicyclic amines) is 1. The average Bonchev–Trinajstić information content (AvgIpc) is 2.41. The molecule has 0 aliphatic carbocycles. The number of ether oxygens (including phenoxy) is 1. The first-order chi connectivity index (χ1) is 8.79. The second-order valence-electron chi connectivity index (χ2n) is 5.06. The van der Waals surface area contributed by atoms with Crippen LogP contribution in [0.2, 0.25) is 0 Å². The molecular weight excluding hydrogens is 224 g/mol. The molecule has 18 heavy (non-hydrogen) atoms. The molecule has 1 fully saturated rings. The van der Waals surface area contributed by atoms with E-state index in [0.29, 0.717) is 19.3 Å². The molecule has 0 bridgehead atoms. The molecule has 3 heteroatoms. The number of hydrogen-bond acceptors (Lipinski definition) is 3. The number of nitrogens with zero attached hydrogens (tertiary/aromatic N) is 1. The van der Waals surface area contributed by atoms with Crippen LogP contribution in [-0.2, 0) is 11.3 Å². The van der Waals surface area contributed by atoms with Crippen molar-refractivity contribution in [3.63, 3.8) is 0 Å². The molecule has 0 spiro atoms. The molecule has 100 valence electrons. The van der Waals surface area contributed by atoms with Crippen molar-refractivity contribution in [2.45, 2.75) is 32.4 Å². The monoisotopic (exact) mass is 248 g/mol. The lowest BCUT2D eigenvalue weighted by Gasteiger charge is -2.32. The molecule has 0 amide bonds. The van der Waals surface area contributed by atoms with Crippen molar-refractivity contribution in [3.8, 4) is 0 Å². The molecule has 0 radical (unpaired) electrons. The number of aryl methyl sites for hydroxylation is 1. The molecule has 1 heterocycles. The number of piperidine rings is 1. The Morgan fingerprint density at radius 1 is 1.28 bits per heavy atom. The van der Waals surface area contributed by atoms with E-state index in [0.717, 1.165) is 32.5 Å². The molecule has 1 aliphatic heterocycles. The van der Waals surface area contributed by atoms with Crippen LogP contribution in [0.15, 0.2) is 24.3 Å². The number of nitrogens with two attached hydrogens (primary N) is 1. The van der Waals surface area contributed by atoms with Crippen LogP contribution in [0, 0.1) is 6.92 Å². The van der Waals surface area contributed by atoms with E-state index in [-0.39, 0.29) is 0 Å². The second-order valence-corrected chi connectivity index (χ2v) is 5.06. The molecular formula is C15H24N2O. The van der Waals surface area contributed by atoms with Gasteiger partial charge in [0.25, 0.3) is 0 Å². The van der Waals surface area contributed by atoms with Gasteiger partial charge in [0, 0.05) is 26.2 Å². The maximum atomic E-state index is 5.70. The Labute approximate surface area is 110 Å². The fraction of sp³-hybridized carbons (Fsp3) is 0.600. The minimum absolute atomic E-state index is 0.418. The fourth-order valence-corrected chi connectivity index (χ4v) is 2.50. The third-order valence-corrected chi connectivity index (χ3v) is 3.66. The highest BCUT2D eigenvalue weighted by Gasteiger charge is 2.19. The summed E-state index contributed by atoms with van der Waals surface area (Å²) < 4.78 is 5.70. The lowest BCUT2D eigenvalue weighted by atomic mass is 10.0. The highest BCUT2D eigenvalue weighted by Crippen LogP contribution is 2.17. The maximum Gasteiger partial charge on any atom is 0.0600 e. The van der Waals surface area contributed by atoms with E-state index < -0.39 is 0 Å². The summed E-state index contributed by atoms with van der Waals surface area (Å²) in [5.74, 6) is 0. The molecule has 0 saturated carbocycles. The van der Waals surface area contributed by atoms with Gasteiger partial charge in [-0.1, -0.05) is 24.3 Å². The van der Waals surface area contributed by atoms with Gasteiger partial charge < -0.3 is 10.5 Å². The van der Waals surface area contributed by atoms with E-state index in [1.807, 2.05) is 0 Å². The Bertz CT molecular complexity index is 359. The number of rotatable bonds is 5. The highest BCUT2D eigenvalue weighted by molar-refractivity contribution is 5.25. The van der Waals surface area contributed by atoms with E-state index >= 15 is 0 Å². The van der Waals surface area contributed by atoms with Crippen LogP contribution < -0.4 is 5.73 Å². The van der Waals surface area contributed by atoms with Crippen LogP contribution in [0.25, 0.3) is 0 Å². The van der Waals surface area contributed by atoms with Crippen molar-refractivity contribution in [1.29, 1.82) is 0 Å². The molecule has 3 nitrogen and oxygen atoms in total. The van der Waals surface area contributed by atoms with Gasteiger partial charge in [0.05, 0.1) is 12.7 Å². The molecule has 2 N–H and O–H groups in total. The molecule has 2 rings (SSSR count). The summed E-state index contributed by atoms with van der Waals surface area (Å²) in [6.07, 6.45) is 2.68. The molecule has 1 aromatic carbocycles. The van der Waals surface area contributed by atoms with Crippen LogP contribution >= 0.6 is 0 Å². The zero-order chi connectivity index (χ0) is 12.8. The number of benzene rings is 1. The summed E-state index contributed by atoms with van der Waals surface area (Å²) in [6.45, 7) is 6.84. The number of hydrogen-bond donors (Lipinski definition) is 1. The van der Waals surface area contributed by atoms with Gasteiger partial charge in [-0.05, 0) is 30.9 Å². The van der Waals surface area contributed by atoms with Crippen molar-refractivity contribution in [3.05, 3.63) is 35.4 Å². The van der Waals surface area contributed by atoms with Crippen LogP contribution in [-0.4, -0.2) is 37.2 Å². The third kappa shape index (κ3) is 3.80. The first-order valence-electron chi connectivity index (χ1n) is 6.88. The van der Waals surface area contributed by atoms with Crippen LogP contribution in [0.4, 0.5) is 0 Å². The SMILES string of the molecule is Cc1ccccc1CN1CCC(OCCN)CC1. The van der Waals surface area contributed by atoms with E-state index in [1.54, 1.807) is 0 Å². The van der Waals surface area contributed by atoms with Crippen molar-refractivity contribution in [1.82, 2.24) is 4.90 Å². The first kappa shape index (κ1) is 13.5. The Balaban J connectivity index is 1.78. The van der Waals surface area contributed by atoms with E-state index in [4.69, 9.17) is 10.5 Å². The standard InChI is InChI=1S/C15H24N2O/c1-13-4-2-3-5-14(13)12-17-9-6-15(7-10-17)18-11-8-16/h2-5,15H,6-12,16H2,1H3. The topological polar surface area (TPSA) is 38.5 Å².